The van der Waals surface area contributed by atoms with Crippen LogP contribution in [0.1, 0.15) is 92.0 Å². The van der Waals surface area contributed by atoms with Gasteiger partial charge in [-0.05, 0) is 81.3 Å². The van der Waals surface area contributed by atoms with Crippen molar-refractivity contribution in [3.63, 3.8) is 0 Å². The minimum Gasteiger partial charge on any atom is -0.436 e. The standard InChI is InChI=1S/C42H29O9P.C2H4O.C2H6/c1-24-20-27(18-19-30(24)25(2)44)42(47)50-40-34-13-5-4-11-32(34)37(49-41(46)28-16-17-29(23-43)35(21-28)26(3)45)22-39(40)52(48)38-15-9-7-12-33(38)31-10-6-8-14-36(31)51-52;1-2-3;1-2/h4-23H,1-3H3;2H,1H3;1-2H3. The third kappa shape index (κ3) is 8.27. The minimum atomic E-state index is -4.18. The summed E-state index contributed by atoms with van der Waals surface area (Å²) in [6, 6.07) is 30.9. The van der Waals surface area contributed by atoms with Gasteiger partial charge in [-0.1, -0.05) is 86.6 Å². The van der Waals surface area contributed by atoms with Crippen LogP contribution in [0.2, 0.25) is 0 Å². The van der Waals surface area contributed by atoms with Gasteiger partial charge in [0, 0.05) is 33.0 Å². The first-order chi connectivity index (χ1) is 27.4. The largest absolute Gasteiger partial charge is 0.436 e. The normalized spacial score (nSPS) is 13.4. The van der Waals surface area contributed by atoms with Gasteiger partial charge in [0.25, 0.3) is 0 Å². The van der Waals surface area contributed by atoms with Gasteiger partial charge in [0.1, 0.15) is 17.8 Å². The number of aldehydes is 2. The second-order valence-electron chi connectivity index (χ2n) is 12.5. The van der Waals surface area contributed by atoms with Crippen LogP contribution < -0.4 is 24.6 Å². The Morgan fingerprint density at radius 3 is 1.84 bits per heavy atom. The van der Waals surface area contributed by atoms with Crippen LogP contribution in [0.4, 0.5) is 0 Å². The maximum Gasteiger partial charge on any atom is 0.343 e. The lowest BCUT2D eigenvalue weighted by Crippen LogP contribution is -2.28. The van der Waals surface area contributed by atoms with E-state index in [2.05, 4.69) is 0 Å². The molecule has 1 aliphatic heterocycles. The molecular formula is C46H39O10P. The van der Waals surface area contributed by atoms with Gasteiger partial charge in [-0.25, -0.2) is 9.59 Å². The van der Waals surface area contributed by atoms with E-state index in [9.17, 15) is 24.0 Å². The van der Waals surface area contributed by atoms with Crippen molar-refractivity contribution in [1.82, 2.24) is 0 Å². The van der Waals surface area contributed by atoms with E-state index in [4.69, 9.17) is 18.8 Å². The lowest BCUT2D eigenvalue weighted by Gasteiger charge is -2.30. The Labute approximate surface area is 329 Å². The average Bonchev–Trinajstić information content (AvgIpc) is 3.22. The highest BCUT2D eigenvalue weighted by Crippen LogP contribution is 2.56. The molecule has 0 amide bonds. The maximum atomic E-state index is 15.6. The van der Waals surface area contributed by atoms with Gasteiger partial charge in [0.2, 0.25) is 0 Å². The van der Waals surface area contributed by atoms with E-state index < -0.39 is 25.1 Å². The van der Waals surface area contributed by atoms with Crippen LogP contribution in [0.15, 0.2) is 115 Å². The van der Waals surface area contributed by atoms with E-state index in [1.807, 2.05) is 38.1 Å². The van der Waals surface area contributed by atoms with Gasteiger partial charge in [-0.2, -0.15) is 0 Å². The second kappa shape index (κ2) is 17.8. The summed E-state index contributed by atoms with van der Waals surface area (Å²) in [5, 5.41) is 0.945. The monoisotopic (exact) mass is 782 g/mol. The first-order valence-corrected chi connectivity index (χ1v) is 19.6. The Kier molecular flexibility index (Phi) is 12.9. The molecule has 1 unspecified atom stereocenters. The average molecular weight is 783 g/mol. The van der Waals surface area contributed by atoms with E-state index in [0.29, 0.717) is 44.8 Å². The molecule has 0 aliphatic carbocycles. The lowest BCUT2D eigenvalue weighted by molar-refractivity contribution is -0.106. The van der Waals surface area contributed by atoms with Gasteiger partial charge in [0.05, 0.1) is 21.7 Å². The summed E-state index contributed by atoms with van der Waals surface area (Å²) >= 11 is 0. The number of carbonyl (C=O) groups excluding carboxylic acids is 6. The highest BCUT2D eigenvalue weighted by Gasteiger charge is 2.42. The van der Waals surface area contributed by atoms with Crippen LogP contribution in [-0.2, 0) is 9.36 Å². The summed E-state index contributed by atoms with van der Waals surface area (Å²) in [5.74, 6) is -1.94. The molecule has 0 spiro atoms. The number of esters is 2. The Morgan fingerprint density at radius 2 is 1.19 bits per heavy atom. The number of benzene rings is 6. The van der Waals surface area contributed by atoms with Crippen molar-refractivity contribution in [2.75, 3.05) is 0 Å². The maximum absolute atomic E-state index is 15.6. The molecular weight excluding hydrogens is 743 g/mol. The highest BCUT2D eigenvalue weighted by atomic mass is 31.2. The van der Waals surface area contributed by atoms with Crippen LogP contribution in [-0.4, -0.2) is 36.1 Å². The van der Waals surface area contributed by atoms with Gasteiger partial charge in [-0.3, -0.25) is 18.9 Å². The summed E-state index contributed by atoms with van der Waals surface area (Å²) < 4.78 is 34.1. The molecule has 0 saturated heterocycles. The molecule has 0 fully saturated rings. The molecule has 10 nitrogen and oxygen atoms in total. The summed E-state index contributed by atoms with van der Waals surface area (Å²) in [6.45, 7) is 9.88. The highest BCUT2D eigenvalue weighted by molar-refractivity contribution is 7.75. The number of ketones is 2. The number of hydrogen-bond acceptors (Lipinski definition) is 10. The smallest absolute Gasteiger partial charge is 0.343 e. The van der Waals surface area contributed by atoms with Crippen LogP contribution in [0.5, 0.6) is 17.2 Å². The number of para-hydroxylation sites is 1. The second-order valence-corrected chi connectivity index (χ2v) is 14.8. The fourth-order valence-electron chi connectivity index (χ4n) is 6.39. The SMILES string of the molecule is CC.CC(=O)c1ccc(C(=O)Oc2c(P3(=O)Oc4ccccc4-c4ccccc43)cc(OC(=O)c3ccc(C=O)c(C(C)=O)c3)c3ccccc23)cc1C.CC=O. The van der Waals surface area contributed by atoms with Crippen LogP contribution in [0, 0.1) is 6.92 Å². The third-order valence-corrected chi connectivity index (χ3v) is 11.4. The molecule has 1 aliphatic rings. The predicted molar refractivity (Wildman–Crippen MR) is 219 cm³/mol. The first kappa shape index (κ1) is 41.4. The number of aryl methyl sites for hydroxylation is 1. The minimum absolute atomic E-state index is 0.00105. The molecule has 0 bridgehead atoms. The topological polar surface area (TPSA) is 147 Å². The third-order valence-electron chi connectivity index (χ3n) is 8.91. The molecule has 6 aromatic carbocycles. The molecule has 57 heavy (non-hydrogen) atoms. The lowest BCUT2D eigenvalue weighted by atomic mass is 10.0. The summed E-state index contributed by atoms with van der Waals surface area (Å²) in [7, 11) is -4.18. The van der Waals surface area contributed by atoms with Crippen LogP contribution in [0.3, 0.4) is 0 Å². The zero-order chi connectivity index (χ0) is 41.4. The van der Waals surface area contributed by atoms with E-state index in [-0.39, 0.29) is 44.8 Å². The molecule has 7 rings (SSSR count). The van der Waals surface area contributed by atoms with Crippen molar-refractivity contribution in [1.29, 1.82) is 0 Å². The quantitative estimate of drug-likeness (QED) is 0.0481. The Bertz CT molecular complexity index is 2620. The summed E-state index contributed by atoms with van der Waals surface area (Å²) in [4.78, 5) is 72.2. The summed E-state index contributed by atoms with van der Waals surface area (Å²) in [6.07, 6.45) is 1.28. The number of carbonyl (C=O) groups is 6. The number of rotatable bonds is 8. The molecule has 1 heterocycles. The number of fused-ring (bicyclic) bond motifs is 4. The van der Waals surface area contributed by atoms with Crippen molar-refractivity contribution in [2.24, 2.45) is 0 Å². The van der Waals surface area contributed by atoms with Crippen molar-refractivity contribution >= 4 is 64.8 Å². The summed E-state index contributed by atoms with van der Waals surface area (Å²) in [5.41, 5.74) is 2.75. The van der Waals surface area contributed by atoms with Gasteiger partial charge in [0.15, 0.2) is 23.6 Å². The molecule has 11 heteroatoms. The van der Waals surface area contributed by atoms with Gasteiger partial charge >= 0.3 is 19.3 Å². The van der Waals surface area contributed by atoms with E-state index >= 15 is 4.57 Å². The Balaban J connectivity index is 0.00000118. The van der Waals surface area contributed by atoms with E-state index in [1.54, 1.807) is 67.6 Å². The molecule has 0 radical (unpaired) electrons. The first-order valence-electron chi connectivity index (χ1n) is 18.0. The Hall–Kier alpha value is -6.77. The zero-order valence-electron chi connectivity index (χ0n) is 32.2. The fourth-order valence-corrected chi connectivity index (χ4v) is 8.80. The molecule has 0 aromatic heterocycles. The van der Waals surface area contributed by atoms with Crippen LogP contribution in [0.25, 0.3) is 21.9 Å². The number of Topliss-reactive ketones (excluding diaryl/α,β-unsaturated/α-hetero) is 2. The number of ether oxygens (including phenoxy) is 2. The molecule has 288 valence electrons. The molecule has 0 N–H and O–H groups in total. The van der Waals surface area contributed by atoms with Crippen molar-refractivity contribution in [3.05, 3.63) is 149 Å². The Morgan fingerprint density at radius 1 is 0.632 bits per heavy atom. The fraction of sp³-hybridized carbons (Fsp3) is 0.130. The van der Waals surface area contributed by atoms with Crippen molar-refractivity contribution in [3.8, 4) is 28.4 Å². The molecule has 1 atom stereocenters. The van der Waals surface area contributed by atoms with E-state index in [0.717, 1.165) is 11.8 Å². The van der Waals surface area contributed by atoms with Gasteiger partial charge in [-0.15, -0.1) is 0 Å². The van der Waals surface area contributed by atoms with Crippen molar-refractivity contribution < 1.29 is 47.3 Å². The molecule has 6 aromatic rings. The molecule has 0 saturated carbocycles. The van der Waals surface area contributed by atoms with Crippen molar-refractivity contribution in [2.45, 2.75) is 41.5 Å². The number of hydrogen-bond donors (Lipinski definition) is 0. The van der Waals surface area contributed by atoms with Gasteiger partial charge < -0.3 is 18.8 Å². The van der Waals surface area contributed by atoms with Crippen LogP contribution >= 0.6 is 7.37 Å². The van der Waals surface area contributed by atoms with E-state index in [1.165, 1.54) is 51.1 Å². The predicted octanol–water partition coefficient (Wildman–Crippen LogP) is 9.32. The zero-order valence-corrected chi connectivity index (χ0v) is 33.0.